The molecule has 0 bridgehead atoms. The van der Waals surface area contributed by atoms with Crippen molar-refractivity contribution in [2.45, 2.75) is 52.5 Å². The van der Waals surface area contributed by atoms with Crippen molar-refractivity contribution in [1.29, 1.82) is 5.26 Å². The SMILES string of the molecule is CCN1C(=C(C#N)c2nc(NC3CCCC3)ncc2C)N(CC)c2ccccc21. The summed E-state index contributed by atoms with van der Waals surface area (Å²) in [5.41, 5.74) is 4.49. The number of fused-ring (bicyclic) bond motifs is 1. The summed E-state index contributed by atoms with van der Waals surface area (Å²) >= 11 is 0. The van der Waals surface area contributed by atoms with Gasteiger partial charge < -0.3 is 15.1 Å². The van der Waals surface area contributed by atoms with Gasteiger partial charge in [0.25, 0.3) is 0 Å². The maximum Gasteiger partial charge on any atom is 0.223 e. The largest absolute Gasteiger partial charge is 0.351 e. The number of anilines is 3. The Kier molecular flexibility index (Phi) is 5.39. The summed E-state index contributed by atoms with van der Waals surface area (Å²) in [5, 5.41) is 13.7. The van der Waals surface area contributed by atoms with Gasteiger partial charge in [0.2, 0.25) is 5.95 Å². The molecule has 1 N–H and O–H groups in total. The summed E-state index contributed by atoms with van der Waals surface area (Å²) in [6.07, 6.45) is 6.63. The van der Waals surface area contributed by atoms with Gasteiger partial charge in [-0.1, -0.05) is 25.0 Å². The van der Waals surface area contributed by atoms with E-state index in [2.05, 4.69) is 52.2 Å². The lowest BCUT2D eigenvalue weighted by Crippen LogP contribution is -2.29. The normalized spacial score (nSPS) is 16.1. The van der Waals surface area contributed by atoms with E-state index in [0.29, 0.717) is 23.3 Å². The first-order valence-corrected chi connectivity index (χ1v) is 10.6. The number of rotatable bonds is 5. The van der Waals surface area contributed by atoms with Crippen molar-refractivity contribution in [3.63, 3.8) is 0 Å². The van der Waals surface area contributed by atoms with Crippen LogP contribution in [0.15, 0.2) is 36.3 Å². The molecule has 0 radical (unpaired) electrons. The van der Waals surface area contributed by atoms with Gasteiger partial charge in [0.1, 0.15) is 17.5 Å². The second kappa shape index (κ2) is 8.12. The van der Waals surface area contributed by atoms with Crippen molar-refractivity contribution in [3.05, 3.63) is 47.5 Å². The molecule has 0 amide bonds. The molecule has 6 nitrogen and oxygen atoms in total. The lowest BCUT2D eigenvalue weighted by atomic mass is 10.1. The molecule has 1 fully saturated rings. The van der Waals surface area contributed by atoms with Gasteiger partial charge in [-0.25, -0.2) is 9.97 Å². The fourth-order valence-electron chi connectivity index (χ4n) is 4.43. The molecule has 2 aliphatic rings. The second-order valence-corrected chi connectivity index (χ2v) is 7.64. The minimum atomic E-state index is 0.429. The maximum absolute atomic E-state index is 10.2. The van der Waals surface area contributed by atoms with Gasteiger partial charge in [-0.05, 0) is 51.3 Å². The number of hydrogen-bond donors (Lipinski definition) is 1. The van der Waals surface area contributed by atoms with E-state index in [0.717, 1.165) is 48.7 Å². The monoisotopic (exact) mass is 388 g/mol. The van der Waals surface area contributed by atoms with Crippen LogP contribution in [0.4, 0.5) is 17.3 Å². The molecule has 0 spiro atoms. The number of hydrogen-bond acceptors (Lipinski definition) is 6. The number of aryl methyl sites for hydroxylation is 1. The quantitative estimate of drug-likeness (QED) is 0.749. The zero-order valence-electron chi connectivity index (χ0n) is 17.4. The minimum Gasteiger partial charge on any atom is -0.351 e. The zero-order valence-corrected chi connectivity index (χ0v) is 17.4. The Morgan fingerprint density at radius 1 is 1.14 bits per heavy atom. The number of nitrogens with zero attached hydrogens (tertiary/aromatic N) is 5. The molecule has 2 heterocycles. The van der Waals surface area contributed by atoms with Gasteiger partial charge in [-0.2, -0.15) is 5.26 Å². The minimum absolute atomic E-state index is 0.429. The van der Waals surface area contributed by atoms with Crippen LogP contribution < -0.4 is 15.1 Å². The third-order valence-electron chi connectivity index (χ3n) is 5.84. The van der Waals surface area contributed by atoms with E-state index < -0.39 is 0 Å². The van der Waals surface area contributed by atoms with Crippen molar-refractivity contribution >= 4 is 22.9 Å². The van der Waals surface area contributed by atoms with Crippen molar-refractivity contribution in [2.24, 2.45) is 0 Å². The number of nitrogens with one attached hydrogen (secondary N) is 1. The highest BCUT2D eigenvalue weighted by Crippen LogP contribution is 2.43. The molecular formula is C23H28N6. The van der Waals surface area contributed by atoms with E-state index in [-0.39, 0.29) is 0 Å². The van der Waals surface area contributed by atoms with Gasteiger partial charge in [0.05, 0.1) is 17.1 Å². The number of allylic oxidation sites excluding steroid dienone is 1. The van der Waals surface area contributed by atoms with Crippen LogP contribution in [0.1, 0.15) is 50.8 Å². The van der Waals surface area contributed by atoms with E-state index in [9.17, 15) is 5.26 Å². The van der Waals surface area contributed by atoms with Crippen LogP contribution in [0.25, 0.3) is 5.57 Å². The highest BCUT2D eigenvalue weighted by atomic mass is 15.4. The highest BCUT2D eigenvalue weighted by molar-refractivity contribution is 5.92. The van der Waals surface area contributed by atoms with Crippen LogP contribution in [-0.2, 0) is 0 Å². The third-order valence-corrected chi connectivity index (χ3v) is 5.84. The summed E-state index contributed by atoms with van der Waals surface area (Å²) in [7, 11) is 0. The fraction of sp³-hybridized carbons (Fsp3) is 0.435. The van der Waals surface area contributed by atoms with Gasteiger partial charge in [0, 0.05) is 25.3 Å². The van der Waals surface area contributed by atoms with Gasteiger partial charge in [0.15, 0.2) is 0 Å². The molecule has 1 aliphatic carbocycles. The Labute approximate surface area is 172 Å². The van der Waals surface area contributed by atoms with Crippen LogP contribution >= 0.6 is 0 Å². The summed E-state index contributed by atoms with van der Waals surface area (Å²) in [6.45, 7) is 7.77. The molecule has 1 aromatic heterocycles. The Hall–Kier alpha value is -3.07. The molecule has 0 atom stereocenters. The average molecular weight is 389 g/mol. The van der Waals surface area contributed by atoms with E-state index in [1.807, 2.05) is 25.3 Å². The summed E-state index contributed by atoms with van der Waals surface area (Å²) in [5.74, 6) is 1.53. The summed E-state index contributed by atoms with van der Waals surface area (Å²) < 4.78 is 0. The average Bonchev–Trinajstić information content (AvgIpc) is 3.36. The first-order valence-electron chi connectivity index (χ1n) is 10.6. The molecule has 150 valence electrons. The molecule has 6 heteroatoms. The van der Waals surface area contributed by atoms with E-state index in [4.69, 9.17) is 4.98 Å². The smallest absolute Gasteiger partial charge is 0.223 e. The molecule has 1 aromatic carbocycles. The van der Waals surface area contributed by atoms with Gasteiger partial charge in [-0.15, -0.1) is 0 Å². The van der Waals surface area contributed by atoms with Gasteiger partial charge in [-0.3, -0.25) is 0 Å². The van der Waals surface area contributed by atoms with E-state index >= 15 is 0 Å². The number of nitriles is 1. The molecule has 1 saturated carbocycles. The number of para-hydroxylation sites is 2. The molecule has 1 aliphatic heterocycles. The number of aromatic nitrogens is 2. The zero-order chi connectivity index (χ0) is 20.4. The summed E-state index contributed by atoms with van der Waals surface area (Å²) in [6, 6.07) is 11.2. The molecule has 0 unspecified atom stereocenters. The maximum atomic E-state index is 10.2. The third kappa shape index (κ3) is 3.42. The molecular weight excluding hydrogens is 360 g/mol. The Bertz CT molecular complexity index is 935. The van der Waals surface area contributed by atoms with Crippen LogP contribution in [0.2, 0.25) is 0 Å². The van der Waals surface area contributed by atoms with Crippen LogP contribution in [0.3, 0.4) is 0 Å². The van der Waals surface area contributed by atoms with Gasteiger partial charge >= 0.3 is 0 Å². The van der Waals surface area contributed by atoms with Crippen LogP contribution in [0.5, 0.6) is 0 Å². The lowest BCUT2D eigenvalue weighted by Gasteiger charge is -2.25. The van der Waals surface area contributed by atoms with Crippen molar-refractivity contribution < 1.29 is 0 Å². The topological polar surface area (TPSA) is 68.1 Å². The Morgan fingerprint density at radius 3 is 2.31 bits per heavy atom. The van der Waals surface area contributed by atoms with Crippen molar-refractivity contribution in [3.8, 4) is 6.07 Å². The number of benzene rings is 1. The molecule has 2 aromatic rings. The first-order chi connectivity index (χ1) is 14.2. The van der Waals surface area contributed by atoms with Crippen LogP contribution in [-0.4, -0.2) is 29.1 Å². The van der Waals surface area contributed by atoms with Crippen molar-refractivity contribution in [2.75, 3.05) is 28.2 Å². The highest BCUT2D eigenvalue weighted by Gasteiger charge is 2.33. The fourth-order valence-corrected chi connectivity index (χ4v) is 4.43. The first kappa shape index (κ1) is 19.3. The van der Waals surface area contributed by atoms with E-state index in [1.54, 1.807) is 0 Å². The Morgan fingerprint density at radius 2 is 1.76 bits per heavy atom. The standard InChI is InChI=1S/C23H28N6/c1-4-28-19-12-8-9-13-20(19)29(5-2)22(28)18(14-24)21-16(3)15-25-23(27-21)26-17-10-6-7-11-17/h8-9,12-13,15,17H,4-7,10-11H2,1-3H3,(H,25,26,27). The predicted molar refractivity (Wildman–Crippen MR) is 118 cm³/mol. The molecule has 4 rings (SSSR count). The lowest BCUT2D eigenvalue weighted by molar-refractivity contribution is 0.743. The Balaban J connectivity index is 1.82. The molecule has 0 saturated heterocycles. The van der Waals surface area contributed by atoms with Crippen molar-refractivity contribution in [1.82, 2.24) is 9.97 Å². The van der Waals surface area contributed by atoms with Crippen LogP contribution in [0, 0.1) is 18.3 Å². The predicted octanol–water partition coefficient (Wildman–Crippen LogP) is 4.70. The van der Waals surface area contributed by atoms with E-state index in [1.165, 1.54) is 12.8 Å². The summed E-state index contributed by atoms with van der Waals surface area (Å²) in [4.78, 5) is 13.7. The molecule has 29 heavy (non-hydrogen) atoms. The second-order valence-electron chi connectivity index (χ2n) is 7.64.